The lowest BCUT2D eigenvalue weighted by Crippen LogP contribution is -2.21. The maximum Gasteiger partial charge on any atom is 0.341 e. The Labute approximate surface area is 187 Å². The molecule has 0 aliphatic heterocycles. The fraction of sp³-hybridized carbons (Fsp3) is 0.526. The third-order valence-electron chi connectivity index (χ3n) is 4.83. The lowest BCUT2D eigenvalue weighted by Gasteiger charge is -2.18. The molecular formula is C19H25N5O5S2. The van der Waals surface area contributed by atoms with Gasteiger partial charge in [-0.1, -0.05) is 18.7 Å². The Balaban J connectivity index is 1.75. The summed E-state index contributed by atoms with van der Waals surface area (Å²) in [5.41, 5.74) is 7.24. The van der Waals surface area contributed by atoms with Crippen molar-refractivity contribution < 1.29 is 23.9 Å². The Kier molecular flexibility index (Phi) is 7.55. The number of thioether (sulfide) groups is 1. The van der Waals surface area contributed by atoms with Crippen molar-refractivity contribution in [2.45, 2.75) is 44.8 Å². The number of aromatic nitrogens is 3. The Morgan fingerprint density at radius 2 is 2.13 bits per heavy atom. The van der Waals surface area contributed by atoms with Crippen molar-refractivity contribution in [1.29, 1.82) is 0 Å². The maximum atomic E-state index is 12.8. The van der Waals surface area contributed by atoms with E-state index in [9.17, 15) is 14.4 Å². The first-order valence-electron chi connectivity index (χ1n) is 9.83. The monoisotopic (exact) mass is 467 g/mol. The van der Waals surface area contributed by atoms with Crippen molar-refractivity contribution >= 4 is 51.9 Å². The number of rotatable bonds is 8. The summed E-state index contributed by atoms with van der Waals surface area (Å²) in [6.07, 6.45) is 2.63. The van der Waals surface area contributed by atoms with Crippen LogP contribution in [0.3, 0.4) is 0 Å². The van der Waals surface area contributed by atoms with E-state index in [-0.39, 0.29) is 30.8 Å². The molecule has 0 fully saturated rings. The number of amides is 1. The van der Waals surface area contributed by atoms with Gasteiger partial charge in [-0.3, -0.25) is 14.2 Å². The average Bonchev–Trinajstić information content (AvgIpc) is 3.25. The van der Waals surface area contributed by atoms with Gasteiger partial charge < -0.3 is 20.5 Å². The summed E-state index contributed by atoms with van der Waals surface area (Å²) >= 11 is 2.49. The van der Waals surface area contributed by atoms with Crippen molar-refractivity contribution in [2.75, 3.05) is 30.5 Å². The van der Waals surface area contributed by atoms with Gasteiger partial charge in [0.05, 0.1) is 25.0 Å². The zero-order valence-corrected chi connectivity index (χ0v) is 19.2. The van der Waals surface area contributed by atoms with Gasteiger partial charge in [-0.25, -0.2) is 4.79 Å². The van der Waals surface area contributed by atoms with E-state index in [1.807, 2.05) is 0 Å². The summed E-state index contributed by atoms with van der Waals surface area (Å²) in [5, 5.41) is 11.3. The van der Waals surface area contributed by atoms with Crippen molar-refractivity contribution in [2.24, 2.45) is 5.92 Å². The molecule has 1 unspecified atom stereocenters. The van der Waals surface area contributed by atoms with Crippen molar-refractivity contribution in [3.05, 3.63) is 16.0 Å². The number of nitrogens with two attached hydrogens (primary N) is 1. The molecule has 0 saturated heterocycles. The van der Waals surface area contributed by atoms with E-state index in [1.165, 1.54) is 23.0 Å². The number of methoxy groups -OCH3 is 1. The zero-order valence-electron chi connectivity index (χ0n) is 17.6. The number of hydrogen-bond donors (Lipinski definition) is 2. The molecule has 3 rings (SSSR count). The molecule has 10 nitrogen and oxygen atoms in total. The number of hydrogen-bond acceptors (Lipinski definition) is 10. The highest BCUT2D eigenvalue weighted by Crippen LogP contribution is 2.40. The first kappa shape index (κ1) is 23.1. The lowest BCUT2D eigenvalue weighted by molar-refractivity contribution is -0.139. The largest absolute Gasteiger partial charge is 0.465 e. The van der Waals surface area contributed by atoms with Crippen molar-refractivity contribution in [3.8, 4) is 0 Å². The molecule has 0 aromatic carbocycles. The van der Waals surface area contributed by atoms with Gasteiger partial charge in [0.15, 0.2) is 5.16 Å². The van der Waals surface area contributed by atoms with E-state index in [0.717, 1.165) is 41.5 Å². The summed E-state index contributed by atoms with van der Waals surface area (Å²) < 4.78 is 11.3. The molecule has 2 aromatic heterocycles. The highest BCUT2D eigenvalue weighted by molar-refractivity contribution is 7.99. The summed E-state index contributed by atoms with van der Waals surface area (Å²) in [7, 11) is 1.33. The van der Waals surface area contributed by atoms with Crippen LogP contribution in [0.2, 0.25) is 0 Å². The number of thiophene rings is 1. The van der Waals surface area contributed by atoms with E-state index in [2.05, 4.69) is 22.4 Å². The van der Waals surface area contributed by atoms with Crippen LogP contribution < -0.4 is 11.1 Å². The number of nitrogen functional groups attached to an aromatic ring is 1. The smallest absolute Gasteiger partial charge is 0.341 e. The number of carbonyl (C=O) groups is 3. The number of nitrogens with one attached hydrogen (secondary N) is 1. The quantitative estimate of drug-likeness (QED) is 0.441. The second kappa shape index (κ2) is 10.1. The van der Waals surface area contributed by atoms with Crippen LogP contribution in [-0.4, -0.2) is 52.1 Å². The summed E-state index contributed by atoms with van der Waals surface area (Å²) in [4.78, 5) is 37.9. The molecule has 1 aliphatic carbocycles. The Morgan fingerprint density at radius 3 is 2.84 bits per heavy atom. The van der Waals surface area contributed by atoms with Gasteiger partial charge in [-0.05, 0) is 37.7 Å². The first-order valence-corrected chi connectivity index (χ1v) is 11.6. The van der Waals surface area contributed by atoms with Crippen LogP contribution in [0.1, 0.15) is 41.1 Å². The highest BCUT2D eigenvalue weighted by atomic mass is 32.2. The Morgan fingerprint density at radius 1 is 1.35 bits per heavy atom. The minimum atomic E-state index is -0.461. The van der Waals surface area contributed by atoms with Crippen molar-refractivity contribution in [3.63, 3.8) is 0 Å². The predicted octanol–water partition coefficient (Wildman–Crippen LogP) is 2.13. The third-order valence-corrected chi connectivity index (χ3v) is 6.94. The van der Waals surface area contributed by atoms with Gasteiger partial charge in [0.2, 0.25) is 11.9 Å². The number of nitrogens with zero attached hydrogens (tertiary/aromatic N) is 3. The number of anilines is 2. The predicted molar refractivity (Wildman–Crippen MR) is 117 cm³/mol. The second-order valence-electron chi connectivity index (χ2n) is 7.12. The third kappa shape index (κ3) is 5.37. The van der Waals surface area contributed by atoms with Crippen LogP contribution in [0.5, 0.6) is 0 Å². The zero-order chi connectivity index (χ0) is 22.5. The normalized spacial score (nSPS) is 15.3. The van der Waals surface area contributed by atoms with Gasteiger partial charge in [0, 0.05) is 4.88 Å². The number of ether oxygens (including phenoxy) is 2. The van der Waals surface area contributed by atoms with Crippen LogP contribution in [0, 0.1) is 5.92 Å². The molecule has 2 heterocycles. The molecule has 1 amide bonds. The van der Waals surface area contributed by atoms with Crippen LogP contribution in [0.25, 0.3) is 0 Å². The molecule has 3 N–H and O–H groups in total. The lowest BCUT2D eigenvalue weighted by atomic mass is 9.88. The number of fused-ring (bicyclic) bond motifs is 1. The first-order chi connectivity index (χ1) is 14.8. The maximum absolute atomic E-state index is 12.8. The standard InChI is InChI=1S/C19H25N5O5S2/c1-4-29-14(26)9-30-19-23-22-18(20)24(19)8-13(25)21-16-15(17(27)28-3)11-6-5-10(2)7-12(11)31-16/h10H,4-9H2,1-3H3,(H2,20,22)(H,21,25). The van der Waals surface area contributed by atoms with Gasteiger partial charge >= 0.3 is 11.9 Å². The number of carbonyl (C=O) groups excluding carboxylic acids is 3. The molecular weight excluding hydrogens is 442 g/mol. The van der Waals surface area contributed by atoms with E-state index < -0.39 is 11.9 Å². The average molecular weight is 468 g/mol. The Hall–Kier alpha value is -2.60. The van der Waals surface area contributed by atoms with Crippen LogP contribution in [0.4, 0.5) is 10.9 Å². The van der Waals surface area contributed by atoms with E-state index in [0.29, 0.717) is 21.6 Å². The fourth-order valence-corrected chi connectivity index (χ4v) is 5.51. The van der Waals surface area contributed by atoms with E-state index in [1.54, 1.807) is 6.92 Å². The second-order valence-corrected chi connectivity index (χ2v) is 9.16. The van der Waals surface area contributed by atoms with E-state index >= 15 is 0 Å². The highest BCUT2D eigenvalue weighted by Gasteiger charge is 2.29. The molecule has 0 spiro atoms. The van der Waals surface area contributed by atoms with Gasteiger partial charge in [-0.15, -0.1) is 21.5 Å². The van der Waals surface area contributed by atoms with Crippen LogP contribution in [0.15, 0.2) is 5.16 Å². The topological polar surface area (TPSA) is 138 Å². The van der Waals surface area contributed by atoms with Gasteiger partial charge in [-0.2, -0.15) is 0 Å². The summed E-state index contributed by atoms with van der Waals surface area (Å²) in [6, 6.07) is 0. The molecule has 31 heavy (non-hydrogen) atoms. The van der Waals surface area contributed by atoms with E-state index in [4.69, 9.17) is 15.2 Å². The van der Waals surface area contributed by atoms with Gasteiger partial charge in [0.25, 0.3) is 0 Å². The molecule has 2 aromatic rings. The molecule has 1 aliphatic rings. The fourth-order valence-electron chi connectivity index (χ4n) is 3.35. The molecule has 1 atom stereocenters. The molecule has 12 heteroatoms. The van der Waals surface area contributed by atoms with Gasteiger partial charge in [0.1, 0.15) is 11.5 Å². The Bertz CT molecular complexity index is 987. The summed E-state index contributed by atoms with van der Waals surface area (Å²) in [5.74, 6) is -0.648. The molecule has 0 saturated carbocycles. The van der Waals surface area contributed by atoms with Crippen LogP contribution >= 0.6 is 23.1 Å². The van der Waals surface area contributed by atoms with Crippen LogP contribution in [-0.2, 0) is 38.4 Å². The molecule has 0 bridgehead atoms. The number of esters is 2. The SMILES string of the molecule is CCOC(=O)CSc1nnc(N)n1CC(=O)Nc1sc2c(c1C(=O)OC)CCC(C)C2. The minimum Gasteiger partial charge on any atom is -0.465 e. The molecule has 168 valence electrons. The van der Waals surface area contributed by atoms with Crippen molar-refractivity contribution in [1.82, 2.24) is 14.8 Å². The molecule has 0 radical (unpaired) electrons. The summed E-state index contributed by atoms with van der Waals surface area (Å²) in [6.45, 7) is 4.01. The minimum absolute atomic E-state index is 0.0237.